The number of carbonyl (C=O) groups is 1. The topological polar surface area (TPSA) is 88.3 Å². The largest absolute Gasteiger partial charge is 0.443 e. The Balaban J connectivity index is 1.73. The molecule has 2 saturated heterocycles. The van der Waals surface area contributed by atoms with E-state index in [0.29, 0.717) is 32.8 Å². The Morgan fingerprint density at radius 1 is 1.29 bits per heavy atom. The number of rotatable bonds is 3. The maximum atomic E-state index is 11.8. The molecule has 2 unspecified atom stereocenters. The van der Waals surface area contributed by atoms with E-state index in [4.69, 9.17) is 15.2 Å². The minimum Gasteiger partial charge on any atom is -0.443 e. The number of ether oxygens (including phenoxy) is 2. The van der Waals surface area contributed by atoms with Crippen molar-refractivity contribution in [2.24, 2.45) is 5.73 Å². The van der Waals surface area contributed by atoms with Gasteiger partial charge in [-0.15, -0.1) is 0 Å². The molecule has 0 aromatic heterocycles. The Labute approximate surface area is 122 Å². The highest BCUT2D eigenvalue weighted by atomic mass is 16.6. The van der Waals surface area contributed by atoms with Crippen molar-refractivity contribution in [3.05, 3.63) is 24.3 Å². The first-order valence-electron chi connectivity index (χ1n) is 7.00. The lowest BCUT2D eigenvalue weighted by molar-refractivity contribution is 0.00633. The molecule has 2 aliphatic rings. The number of nitrogens with zero attached hydrogens (tertiary/aromatic N) is 2. The number of nitrogens with two attached hydrogens (primary N) is 1. The second-order valence-electron chi connectivity index (χ2n) is 5.12. The minimum atomic E-state index is -0.636. The molecule has 1 aromatic carbocycles. The Bertz CT molecular complexity index is 507. The van der Waals surface area contributed by atoms with E-state index in [1.165, 1.54) is 0 Å². The first-order chi connectivity index (χ1) is 10.2. The molecule has 1 amide bonds. The van der Waals surface area contributed by atoms with Gasteiger partial charge in [0.05, 0.1) is 19.8 Å². The molecule has 21 heavy (non-hydrogen) atoms. The maximum Gasteiger partial charge on any atom is 0.414 e. The van der Waals surface area contributed by atoms with Crippen LogP contribution in [0.5, 0.6) is 0 Å². The number of hydrogen-bond donors (Lipinski definition) is 2. The van der Waals surface area contributed by atoms with Gasteiger partial charge in [0.1, 0.15) is 6.10 Å². The SMILES string of the molecule is NCC1CN(c2ccc(N3CCOCC3O)cc2)C(=O)O1. The molecule has 3 N–H and O–H groups in total. The summed E-state index contributed by atoms with van der Waals surface area (Å²) >= 11 is 0. The normalized spacial score (nSPS) is 26.1. The minimum absolute atomic E-state index is 0.252. The van der Waals surface area contributed by atoms with Crippen molar-refractivity contribution < 1.29 is 19.4 Å². The maximum absolute atomic E-state index is 11.8. The summed E-state index contributed by atoms with van der Waals surface area (Å²) in [5, 5.41) is 9.91. The van der Waals surface area contributed by atoms with Crippen molar-refractivity contribution >= 4 is 17.5 Å². The number of carbonyl (C=O) groups excluding carboxylic acids is 1. The highest BCUT2D eigenvalue weighted by Crippen LogP contribution is 2.26. The van der Waals surface area contributed by atoms with Crippen molar-refractivity contribution in [2.45, 2.75) is 12.3 Å². The van der Waals surface area contributed by atoms with Crippen LogP contribution in [-0.4, -0.2) is 56.4 Å². The number of aliphatic hydroxyl groups excluding tert-OH is 1. The third kappa shape index (κ3) is 2.80. The average Bonchev–Trinajstić information content (AvgIpc) is 2.89. The van der Waals surface area contributed by atoms with Gasteiger partial charge in [-0.1, -0.05) is 0 Å². The molecule has 2 aliphatic heterocycles. The van der Waals surface area contributed by atoms with Gasteiger partial charge in [0.2, 0.25) is 0 Å². The smallest absolute Gasteiger partial charge is 0.414 e. The Morgan fingerprint density at radius 3 is 2.62 bits per heavy atom. The number of benzene rings is 1. The molecular weight excluding hydrogens is 274 g/mol. The van der Waals surface area contributed by atoms with Crippen LogP contribution >= 0.6 is 0 Å². The molecule has 2 heterocycles. The summed E-state index contributed by atoms with van der Waals surface area (Å²) in [5.41, 5.74) is 7.19. The summed E-state index contributed by atoms with van der Waals surface area (Å²) in [6.07, 6.45) is -1.26. The van der Waals surface area contributed by atoms with Crippen LogP contribution in [0.3, 0.4) is 0 Å². The molecule has 0 saturated carbocycles. The van der Waals surface area contributed by atoms with Crippen molar-refractivity contribution in [3.63, 3.8) is 0 Å². The lowest BCUT2D eigenvalue weighted by atomic mass is 10.2. The Morgan fingerprint density at radius 2 is 2.00 bits per heavy atom. The fraction of sp³-hybridized carbons (Fsp3) is 0.500. The van der Waals surface area contributed by atoms with Crippen molar-refractivity contribution in [1.29, 1.82) is 0 Å². The van der Waals surface area contributed by atoms with Gasteiger partial charge >= 0.3 is 6.09 Å². The highest BCUT2D eigenvalue weighted by molar-refractivity contribution is 5.90. The lowest BCUT2D eigenvalue weighted by Gasteiger charge is -2.34. The molecule has 1 aromatic rings. The third-order valence-electron chi connectivity index (χ3n) is 3.73. The summed E-state index contributed by atoms with van der Waals surface area (Å²) in [6, 6.07) is 7.45. The summed E-state index contributed by atoms with van der Waals surface area (Å²) in [4.78, 5) is 15.2. The van der Waals surface area contributed by atoms with Gasteiger partial charge in [-0.2, -0.15) is 0 Å². The average molecular weight is 293 g/mol. The first kappa shape index (κ1) is 14.1. The summed E-state index contributed by atoms with van der Waals surface area (Å²) in [6.45, 7) is 2.32. The van der Waals surface area contributed by atoms with E-state index in [9.17, 15) is 9.90 Å². The fourth-order valence-corrected chi connectivity index (χ4v) is 2.57. The molecular formula is C14H19N3O4. The van der Waals surface area contributed by atoms with Crippen LogP contribution in [0.4, 0.5) is 16.2 Å². The molecule has 7 heteroatoms. The zero-order valence-electron chi connectivity index (χ0n) is 11.6. The van der Waals surface area contributed by atoms with Crippen LogP contribution < -0.4 is 15.5 Å². The lowest BCUT2D eigenvalue weighted by Crippen LogP contribution is -2.45. The van der Waals surface area contributed by atoms with Gasteiger partial charge in [-0.3, -0.25) is 4.90 Å². The van der Waals surface area contributed by atoms with E-state index in [0.717, 1.165) is 11.4 Å². The van der Waals surface area contributed by atoms with E-state index in [1.54, 1.807) is 4.90 Å². The van der Waals surface area contributed by atoms with Crippen LogP contribution in [0.25, 0.3) is 0 Å². The quantitative estimate of drug-likeness (QED) is 0.823. The molecule has 114 valence electrons. The standard InChI is InChI=1S/C14H19N3O4/c15-7-12-8-17(14(19)21-12)11-3-1-10(2-4-11)16-5-6-20-9-13(16)18/h1-4,12-13,18H,5-9,15H2. The van der Waals surface area contributed by atoms with E-state index in [-0.39, 0.29) is 12.2 Å². The molecule has 0 spiro atoms. The number of cyclic esters (lactones) is 1. The van der Waals surface area contributed by atoms with Crippen LogP contribution in [0.15, 0.2) is 24.3 Å². The molecule has 3 rings (SSSR count). The van der Waals surface area contributed by atoms with Gasteiger partial charge in [0, 0.05) is 24.5 Å². The second-order valence-corrected chi connectivity index (χ2v) is 5.12. The van der Waals surface area contributed by atoms with E-state index in [2.05, 4.69) is 0 Å². The highest BCUT2D eigenvalue weighted by Gasteiger charge is 2.31. The fourth-order valence-electron chi connectivity index (χ4n) is 2.57. The predicted molar refractivity (Wildman–Crippen MR) is 77.3 cm³/mol. The molecule has 7 nitrogen and oxygen atoms in total. The number of anilines is 2. The predicted octanol–water partition coefficient (Wildman–Crippen LogP) is 0.126. The van der Waals surface area contributed by atoms with Crippen molar-refractivity contribution in [2.75, 3.05) is 42.6 Å². The number of hydrogen-bond acceptors (Lipinski definition) is 6. The molecule has 2 fully saturated rings. The Kier molecular flexibility index (Phi) is 3.96. The van der Waals surface area contributed by atoms with Crippen LogP contribution in [0, 0.1) is 0 Å². The van der Waals surface area contributed by atoms with Crippen LogP contribution in [0.2, 0.25) is 0 Å². The summed E-state index contributed by atoms with van der Waals surface area (Å²) in [5.74, 6) is 0. The number of amides is 1. The van der Waals surface area contributed by atoms with Crippen molar-refractivity contribution in [3.8, 4) is 0 Å². The number of aliphatic hydroxyl groups is 1. The summed E-state index contributed by atoms with van der Waals surface area (Å²) in [7, 11) is 0. The van der Waals surface area contributed by atoms with Gasteiger partial charge in [0.25, 0.3) is 0 Å². The molecule has 0 aliphatic carbocycles. The third-order valence-corrected chi connectivity index (χ3v) is 3.73. The van der Waals surface area contributed by atoms with Gasteiger partial charge in [-0.05, 0) is 24.3 Å². The van der Waals surface area contributed by atoms with Crippen molar-refractivity contribution in [1.82, 2.24) is 0 Å². The first-order valence-corrected chi connectivity index (χ1v) is 7.00. The molecule has 0 radical (unpaired) electrons. The second kappa shape index (κ2) is 5.88. The van der Waals surface area contributed by atoms with Gasteiger partial charge < -0.3 is 25.2 Å². The van der Waals surface area contributed by atoms with Crippen LogP contribution in [-0.2, 0) is 9.47 Å². The zero-order chi connectivity index (χ0) is 14.8. The van der Waals surface area contributed by atoms with Crippen LogP contribution in [0.1, 0.15) is 0 Å². The van der Waals surface area contributed by atoms with Gasteiger partial charge in [0.15, 0.2) is 6.23 Å². The number of morpholine rings is 1. The molecule has 0 bridgehead atoms. The summed E-state index contributed by atoms with van der Waals surface area (Å²) < 4.78 is 10.3. The zero-order valence-corrected chi connectivity index (χ0v) is 11.6. The van der Waals surface area contributed by atoms with E-state index in [1.807, 2.05) is 29.2 Å². The van der Waals surface area contributed by atoms with Gasteiger partial charge in [-0.25, -0.2) is 4.79 Å². The van der Waals surface area contributed by atoms with E-state index < -0.39 is 6.23 Å². The van der Waals surface area contributed by atoms with E-state index >= 15 is 0 Å². The molecule has 2 atom stereocenters. The monoisotopic (exact) mass is 293 g/mol. The Hall–Kier alpha value is -1.83.